The van der Waals surface area contributed by atoms with E-state index in [0.717, 1.165) is 0 Å². The first-order valence-corrected chi connectivity index (χ1v) is 10.2. The molecule has 4 rings (SSSR count). The Bertz CT molecular complexity index is 635. The Balaban J connectivity index is 0.000000807. The van der Waals surface area contributed by atoms with Crippen LogP contribution in [0.3, 0.4) is 0 Å². The maximum Gasteiger partial charge on any atom is -1.00 e. The van der Waals surface area contributed by atoms with Crippen LogP contribution in [0.1, 0.15) is 30.9 Å². The van der Waals surface area contributed by atoms with E-state index in [9.17, 15) is 0 Å². The zero-order chi connectivity index (χ0) is 12.9. The first-order valence-electron chi connectivity index (χ1n) is 7.09. The topological polar surface area (TPSA) is 0 Å². The Kier molecular flexibility index (Phi) is 5.62. The molecule has 21 heavy (non-hydrogen) atoms. The van der Waals surface area contributed by atoms with Crippen LogP contribution in [0.5, 0.6) is 0 Å². The predicted octanol–water partition coefficient (Wildman–Crippen LogP) is -0.966. The summed E-state index contributed by atoms with van der Waals surface area (Å²) in [7, 11) is 0.00399. The molecule has 0 amide bonds. The van der Waals surface area contributed by atoms with Crippen molar-refractivity contribution >= 4 is 14.0 Å². The van der Waals surface area contributed by atoms with E-state index in [1.54, 1.807) is 10.9 Å². The molecule has 2 aliphatic carbocycles. The van der Waals surface area contributed by atoms with Crippen LogP contribution in [-0.2, 0) is 22.6 Å². The van der Waals surface area contributed by atoms with E-state index in [-0.39, 0.29) is 51.9 Å². The van der Waals surface area contributed by atoms with E-state index in [1.807, 2.05) is 3.88 Å². The molecule has 4 heteroatoms. The quantitative estimate of drug-likeness (QED) is 0.464. The van der Waals surface area contributed by atoms with Crippen LogP contribution in [-0.4, -0.2) is 6.16 Å². The largest absolute Gasteiger partial charge is 1.00 e. The molecule has 1 aromatic rings. The van der Waals surface area contributed by atoms with Crippen LogP contribution in [0.2, 0.25) is 0 Å². The first kappa shape index (κ1) is 17.5. The van der Waals surface area contributed by atoms with Crippen LogP contribution in [0.15, 0.2) is 51.7 Å². The zero-order valence-electron chi connectivity index (χ0n) is 11.9. The summed E-state index contributed by atoms with van der Waals surface area (Å²) in [5.41, 5.74) is 3.14. The molecule has 2 atom stereocenters. The third-order valence-electron chi connectivity index (χ3n) is 4.29. The fourth-order valence-corrected chi connectivity index (χ4v) is 11.9. The second-order valence-electron chi connectivity index (χ2n) is 5.43. The van der Waals surface area contributed by atoms with Gasteiger partial charge in [-0.1, -0.05) is 0 Å². The minimum Gasteiger partial charge on any atom is -1.00 e. The molecular formula is C17H17Cl2PTi. The first-order chi connectivity index (χ1) is 9.35. The van der Waals surface area contributed by atoms with Crippen LogP contribution < -0.4 is 24.8 Å². The molecule has 0 saturated heterocycles. The van der Waals surface area contributed by atoms with Crippen molar-refractivity contribution in [1.82, 2.24) is 0 Å². The number of hydrogen-bond acceptors (Lipinski definition) is 0. The van der Waals surface area contributed by atoms with Gasteiger partial charge in [0, 0.05) is 0 Å². The van der Waals surface area contributed by atoms with E-state index < -0.39 is 0 Å². The Labute approximate surface area is 149 Å². The van der Waals surface area contributed by atoms with Gasteiger partial charge >= 0.3 is 125 Å². The Morgan fingerprint density at radius 3 is 2.81 bits per heavy atom. The van der Waals surface area contributed by atoms with E-state index >= 15 is 0 Å². The van der Waals surface area contributed by atoms with Gasteiger partial charge in [0.05, 0.1) is 0 Å². The van der Waals surface area contributed by atoms with Gasteiger partial charge in [0.25, 0.3) is 0 Å². The number of hydrogen-bond donors (Lipinski definition) is 0. The molecule has 1 spiro atoms. The average molecular weight is 371 g/mol. The van der Waals surface area contributed by atoms with Crippen LogP contribution in [0.25, 0.3) is 6.08 Å². The summed E-state index contributed by atoms with van der Waals surface area (Å²) in [6.45, 7) is 2.35. The SMILES string of the molecule is CCCP1C2=[C](CC=C2)[Ti+2][C]12C=Cc1ccccc12.[Cl-].[Cl-]. The number of halogens is 2. The smallest absolute Gasteiger partial charge is 1.00 e. The number of rotatable bonds is 2. The third kappa shape index (κ3) is 2.54. The van der Waals surface area contributed by atoms with Crippen LogP contribution >= 0.6 is 7.92 Å². The summed E-state index contributed by atoms with van der Waals surface area (Å²) < 4.78 is 2.32. The zero-order valence-corrected chi connectivity index (χ0v) is 15.9. The van der Waals surface area contributed by atoms with E-state index in [4.69, 9.17) is 0 Å². The van der Waals surface area contributed by atoms with Gasteiger partial charge in [-0.3, -0.25) is 0 Å². The monoisotopic (exact) mass is 370 g/mol. The Morgan fingerprint density at radius 2 is 2.00 bits per heavy atom. The predicted molar refractivity (Wildman–Crippen MR) is 80.0 cm³/mol. The standard InChI is InChI=1S/C17H17P.2ClH.Ti/c1-2-13-18(15-8-4-5-9-15)17-12-11-14-7-3-6-10-16(14)17;;;/h3-4,6-8,10-12H,2,5,13H2,1H3;2*1H;/q;;;+2/p-2. The van der Waals surface area contributed by atoms with Crippen molar-refractivity contribution in [1.29, 1.82) is 0 Å². The molecule has 0 radical (unpaired) electrons. The molecule has 0 fully saturated rings. The minimum atomic E-state index is -0.0307. The molecule has 0 saturated carbocycles. The molecule has 3 aliphatic rings. The summed E-state index contributed by atoms with van der Waals surface area (Å²) in [4.78, 5) is 0. The van der Waals surface area contributed by atoms with Gasteiger partial charge in [-0.15, -0.1) is 0 Å². The normalized spacial score (nSPS) is 26.8. The van der Waals surface area contributed by atoms with Crippen molar-refractivity contribution in [3.63, 3.8) is 0 Å². The third-order valence-corrected chi connectivity index (χ3v) is 12.0. The van der Waals surface area contributed by atoms with Gasteiger partial charge in [-0.25, -0.2) is 0 Å². The van der Waals surface area contributed by atoms with Crippen molar-refractivity contribution in [2.75, 3.05) is 6.16 Å². The second kappa shape index (κ2) is 6.73. The molecular weight excluding hydrogens is 354 g/mol. The molecule has 0 aromatic heterocycles. The van der Waals surface area contributed by atoms with Crippen molar-refractivity contribution in [3.05, 3.63) is 62.8 Å². The van der Waals surface area contributed by atoms with E-state index in [2.05, 4.69) is 55.5 Å². The van der Waals surface area contributed by atoms with Crippen LogP contribution in [0, 0.1) is 0 Å². The molecule has 1 aromatic carbocycles. The van der Waals surface area contributed by atoms with Gasteiger partial charge in [0.15, 0.2) is 0 Å². The van der Waals surface area contributed by atoms with Crippen molar-refractivity contribution in [3.8, 4) is 0 Å². The Hall–Kier alpha value is 0.164. The maximum absolute atomic E-state index is 2.59. The number of fused-ring (bicyclic) bond motifs is 2. The summed E-state index contributed by atoms with van der Waals surface area (Å²) in [6, 6.07) is 9.11. The fraction of sp³-hybridized carbons (Fsp3) is 0.294. The molecule has 1 aliphatic heterocycles. The van der Waals surface area contributed by atoms with Gasteiger partial charge in [0.1, 0.15) is 0 Å². The van der Waals surface area contributed by atoms with Gasteiger partial charge < -0.3 is 24.8 Å². The number of benzene rings is 1. The molecule has 1 heterocycles. The van der Waals surface area contributed by atoms with E-state index in [1.165, 1.54) is 24.6 Å². The van der Waals surface area contributed by atoms with Crippen molar-refractivity contribution < 1.29 is 44.0 Å². The average Bonchev–Trinajstić information content (AvgIpc) is 3.09. The van der Waals surface area contributed by atoms with Gasteiger partial charge in [0.2, 0.25) is 0 Å². The number of allylic oxidation sites excluding steroid dienone is 5. The van der Waals surface area contributed by atoms with Crippen LogP contribution in [0.4, 0.5) is 0 Å². The maximum atomic E-state index is 2.59. The van der Waals surface area contributed by atoms with Gasteiger partial charge in [-0.2, -0.15) is 0 Å². The molecule has 2 unspecified atom stereocenters. The van der Waals surface area contributed by atoms with E-state index in [0.29, 0.717) is 3.46 Å². The summed E-state index contributed by atoms with van der Waals surface area (Å²) in [5.74, 6) is 0. The summed E-state index contributed by atoms with van der Waals surface area (Å²) in [6.07, 6.45) is 13.8. The Morgan fingerprint density at radius 1 is 1.19 bits per heavy atom. The summed E-state index contributed by atoms with van der Waals surface area (Å²) in [5, 5.41) is 1.78. The fourth-order valence-electron chi connectivity index (χ4n) is 3.50. The molecule has 0 N–H and O–H groups in total. The summed E-state index contributed by atoms with van der Waals surface area (Å²) >= 11 is -0.0307. The second-order valence-corrected chi connectivity index (χ2v) is 11.1. The molecule has 0 bridgehead atoms. The van der Waals surface area contributed by atoms with Crippen molar-refractivity contribution in [2.24, 2.45) is 0 Å². The molecule has 0 nitrogen and oxygen atoms in total. The van der Waals surface area contributed by atoms with Gasteiger partial charge in [-0.05, 0) is 0 Å². The minimum absolute atomic E-state index is 0. The van der Waals surface area contributed by atoms with Crippen molar-refractivity contribution in [2.45, 2.75) is 23.2 Å². The molecule has 108 valence electrons.